The number of carbonyl (C=O) groups excluding carboxylic acids is 1. The van der Waals surface area contributed by atoms with Crippen LogP contribution in [0.3, 0.4) is 0 Å². The highest BCUT2D eigenvalue weighted by molar-refractivity contribution is 6.06. The van der Waals surface area contributed by atoms with Crippen molar-refractivity contribution in [1.82, 2.24) is 15.0 Å². The molecule has 2 aliphatic rings. The summed E-state index contributed by atoms with van der Waals surface area (Å²) >= 11 is 0. The van der Waals surface area contributed by atoms with Gasteiger partial charge < -0.3 is 15.2 Å². The van der Waals surface area contributed by atoms with E-state index in [1.807, 2.05) is 11.0 Å². The number of likely N-dealkylation sites (tertiary alicyclic amines) is 1. The van der Waals surface area contributed by atoms with Crippen LogP contribution in [0.5, 0.6) is 0 Å². The summed E-state index contributed by atoms with van der Waals surface area (Å²) in [6.07, 6.45) is 3.98. The maximum Gasteiger partial charge on any atom is 0.259 e. The zero-order valence-corrected chi connectivity index (χ0v) is 14.3. The van der Waals surface area contributed by atoms with Gasteiger partial charge in [-0.25, -0.2) is 4.98 Å². The Bertz CT molecular complexity index is 771. The zero-order chi connectivity index (χ0) is 16.8. The number of hydrogen-bond donors (Lipinski definition) is 1. The van der Waals surface area contributed by atoms with Crippen LogP contribution in [0, 0.1) is 0 Å². The third-order valence-corrected chi connectivity index (χ3v) is 5.09. The molecule has 0 atom stereocenters. The van der Waals surface area contributed by atoms with Crippen LogP contribution in [0.15, 0.2) is 10.6 Å². The Morgan fingerprint density at radius 3 is 2.62 bits per heavy atom. The molecule has 2 aromatic rings. The molecule has 6 nitrogen and oxygen atoms in total. The first kappa shape index (κ1) is 15.6. The lowest BCUT2D eigenvalue weighted by atomic mass is 9.99. The summed E-state index contributed by atoms with van der Waals surface area (Å²) in [5, 5.41) is 4.97. The smallest absolute Gasteiger partial charge is 0.259 e. The normalized spacial score (nSPS) is 19.4. The molecule has 6 heteroatoms. The Morgan fingerprint density at radius 2 is 2.00 bits per heavy atom. The number of carbonyl (C=O) groups is 1. The van der Waals surface area contributed by atoms with E-state index in [2.05, 4.69) is 24.0 Å². The SMILES string of the molecule is CC(C)c1noc2nc(C3CC3)cc(C(=O)N3CCC(N)CC3)c12. The van der Waals surface area contributed by atoms with Crippen LogP contribution in [-0.2, 0) is 0 Å². The molecule has 2 aromatic heterocycles. The highest BCUT2D eigenvalue weighted by atomic mass is 16.5. The van der Waals surface area contributed by atoms with Gasteiger partial charge in [0.1, 0.15) is 0 Å². The van der Waals surface area contributed by atoms with Gasteiger partial charge in [0.15, 0.2) is 0 Å². The van der Waals surface area contributed by atoms with E-state index in [-0.39, 0.29) is 17.9 Å². The van der Waals surface area contributed by atoms with Gasteiger partial charge in [-0.05, 0) is 37.7 Å². The minimum atomic E-state index is 0.0568. The molecule has 4 rings (SSSR count). The first-order valence-corrected chi connectivity index (χ1v) is 8.89. The van der Waals surface area contributed by atoms with Crippen LogP contribution in [0.1, 0.15) is 73.1 Å². The molecule has 2 fully saturated rings. The maximum absolute atomic E-state index is 13.2. The minimum absolute atomic E-state index is 0.0568. The number of piperidine rings is 1. The lowest BCUT2D eigenvalue weighted by molar-refractivity contribution is 0.0716. The fraction of sp³-hybridized carbons (Fsp3) is 0.611. The Balaban J connectivity index is 1.79. The molecule has 2 N–H and O–H groups in total. The van der Waals surface area contributed by atoms with Crippen molar-refractivity contribution < 1.29 is 9.32 Å². The van der Waals surface area contributed by atoms with E-state index in [4.69, 9.17) is 10.3 Å². The van der Waals surface area contributed by atoms with Gasteiger partial charge >= 0.3 is 0 Å². The van der Waals surface area contributed by atoms with Crippen molar-refractivity contribution >= 4 is 17.0 Å². The summed E-state index contributed by atoms with van der Waals surface area (Å²) < 4.78 is 5.47. The Kier molecular flexibility index (Phi) is 3.79. The van der Waals surface area contributed by atoms with Crippen LogP contribution in [0.4, 0.5) is 0 Å². The summed E-state index contributed by atoms with van der Waals surface area (Å²) in [4.78, 5) is 19.7. The second-order valence-corrected chi connectivity index (χ2v) is 7.40. The molecule has 128 valence electrons. The van der Waals surface area contributed by atoms with E-state index in [1.54, 1.807) is 0 Å². The molecule has 0 unspecified atom stereocenters. The molecular formula is C18H24N4O2. The molecule has 0 aromatic carbocycles. The average molecular weight is 328 g/mol. The molecule has 24 heavy (non-hydrogen) atoms. The van der Waals surface area contributed by atoms with E-state index < -0.39 is 0 Å². The highest BCUT2D eigenvalue weighted by Crippen LogP contribution is 2.41. The van der Waals surface area contributed by atoms with Crippen LogP contribution in [0.2, 0.25) is 0 Å². The predicted molar refractivity (Wildman–Crippen MR) is 91.0 cm³/mol. The van der Waals surface area contributed by atoms with Crippen molar-refractivity contribution in [3.8, 4) is 0 Å². The third-order valence-electron chi connectivity index (χ3n) is 5.09. The van der Waals surface area contributed by atoms with E-state index in [9.17, 15) is 4.79 Å². The van der Waals surface area contributed by atoms with Gasteiger partial charge in [0.25, 0.3) is 11.6 Å². The van der Waals surface area contributed by atoms with Gasteiger partial charge in [-0.2, -0.15) is 0 Å². The molecular weight excluding hydrogens is 304 g/mol. The minimum Gasteiger partial charge on any atom is -0.339 e. The molecule has 1 saturated heterocycles. The second-order valence-electron chi connectivity index (χ2n) is 7.40. The van der Waals surface area contributed by atoms with E-state index in [0.29, 0.717) is 30.3 Å². The number of rotatable bonds is 3. The van der Waals surface area contributed by atoms with E-state index in [1.165, 1.54) is 0 Å². The van der Waals surface area contributed by atoms with Crippen molar-refractivity contribution in [2.75, 3.05) is 13.1 Å². The maximum atomic E-state index is 13.2. The van der Waals surface area contributed by atoms with E-state index in [0.717, 1.165) is 42.5 Å². The Labute approximate surface area is 141 Å². The zero-order valence-electron chi connectivity index (χ0n) is 14.3. The first-order valence-electron chi connectivity index (χ1n) is 8.89. The fourth-order valence-corrected chi connectivity index (χ4v) is 3.42. The fourth-order valence-electron chi connectivity index (χ4n) is 3.42. The number of amides is 1. The summed E-state index contributed by atoms with van der Waals surface area (Å²) in [5.41, 5.74) is 8.95. The molecule has 1 saturated carbocycles. The molecule has 0 spiro atoms. The summed E-state index contributed by atoms with van der Waals surface area (Å²) in [6, 6.07) is 2.18. The largest absolute Gasteiger partial charge is 0.339 e. The standard InChI is InChI=1S/C18H24N4O2/c1-10(2)16-15-13(18(23)22-7-5-12(19)6-8-22)9-14(11-3-4-11)20-17(15)24-21-16/h9-12H,3-8,19H2,1-2H3. The number of nitrogens with zero attached hydrogens (tertiary/aromatic N) is 3. The number of nitrogens with two attached hydrogens (primary N) is 1. The topological polar surface area (TPSA) is 85.2 Å². The van der Waals surface area contributed by atoms with Crippen LogP contribution >= 0.6 is 0 Å². The number of aromatic nitrogens is 2. The van der Waals surface area contributed by atoms with Crippen LogP contribution in [-0.4, -0.2) is 40.1 Å². The lowest BCUT2D eigenvalue weighted by Crippen LogP contribution is -2.43. The Hall–Kier alpha value is -1.95. The summed E-state index contributed by atoms with van der Waals surface area (Å²) in [5.74, 6) is 0.700. The first-order chi connectivity index (χ1) is 11.5. The molecule has 1 amide bonds. The van der Waals surface area contributed by atoms with Gasteiger partial charge in [-0.3, -0.25) is 4.79 Å². The second kappa shape index (κ2) is 5.84. The van der Waals surface area contributed by atoms with Crippen molar-refractivity contribution in [2.45, 2.75) is 57.4 Å². The number of pyridine rings is 1. The molecule has 1 aliphatic heterocycles. The highest BCUT2D eigenvalue weighted by Gasteiger charge is 2.31. The van der Waals surface area contributed by atoms with Crippen molar-refractivity contribution in [3.05, 3.63) is 23.0 Å². The molecule has 1 aliphatic carbocycles. The van der Waals surface area contributed by atoms with Gasteiger partial charge in [0.2, 0.25) is 0 Å². The van der Waals surface area contributed by atoms with Crippen molar-refractivity contribution in [1.29, 1.82) is 0 Å². The van der Waals surface area contributed by atoms with Gasteiger partial charge in [-0.1, -0.05) is 19.0 Å². The third kappa shape index (κ3) is 2.69. The lowest BCUT2D eigenvalue weighted by Gasteiger charge is -2.30. The van der Waals surface area contributed by atoms with Crippen LogP contribution < -0.4 is 5.73 Å². The van der Waals surface area contributed by atoms with Crippen molar-refractivity contribution in [2.24, 2.45) is 5.73 Å². The molecule has 0 radical (unpaired) electrons. The number of fused-ring (bicyclic) bond motifs is 1. The summed E-state index contributed by atoms with van der Waals surface area (Å²) in [7, 11) is 0. The van der Waals surface area contributed by atoms with Gasteiger partial charge in [0.05, 0.1) is 16.6 Å². The predicted octanol–water partition coefficient (Wildman–Crippen LogP) is 2.79. The quantitative estimate of drug-likeness (QED) is 0.936. The Morgan fingerprint density at radius 1 is 1.29 bits per heavy atom. The monoisotopic (exact) mass is 328 g/mol. The van der Waals surface area contributed by atoms with Gasteiger partial charge in [0, 0.05) is 30.7 Å². The molecule has 3 heterocycles. The van der Waals surface area contributed by atoms with Gasteiger partial charge in [-0.15, -0.1) is 0 Å². The summed E-state index contributed by atoms with van der Waals surface area (Å²) in [6.45, 7) is 5.54. The average Bonchev–Trinajstić information content (AvgIpc) is 3.33. The van der Waals surface area contributed by atoms with Crippen molar-refractivity contribution in [3.63, 3.8) is 0 Å². The van der Waals surface area contributed by atoms with Crippen LogP contribution in [0.25, 0.3) is 11.1 Å². The number of hydrogen-bond acceptors (Lipinski definition) is 5. The molecule has 0 bridgehead atoms. The van der Waals surface area contributed by atoms with E-state index >= 15 is 0 Å².